The van der Waals surface area contributed by atoms with Crippen molar-refractivity contribution in [2.75, 3.05) is 19.5 Å². The lowest BCUT2D eigenvalue weighted by Crippen LogP contribution is -2.71. The smallest absolute Gasteiger partial charge is 0.477 e. The number of nitrogens with zero attached hydrogens (tertiary/aromatic N) is 2. The van der Waals surface area contributed by atoms with Crippen LogP contribution >= 0.6 is 11.8 Å². The van der Waals surface area contributed by atoms with E-state index in [0.717, 1.165) is 23.1 Å². The normalized spacial score (nSPS) is 17.8. The first-order valence-electron chi connectivity index (χ1n) is 13.9. The number of aliphatic carboxylic acids is 1. The molecule has 0 saturated carbocycles. The molecule has 3 N–H and O–H groups in total. The van der Waals surface area contributed by atoms with Crippen LogP contribution in [0.25, 0.3) is 0 Å². The van der Waals surface area contributed by atoms with Crippen LogP contribution in [-0.2, 0) is 33.6 Å². The lowest BCUT2D eigenvalue weighted by Gasteiger charge is -2.49. The number of furan rings is 1. The van der Waals surface area contributed by atoms with Gasteiger partial charge in [0.15, 0.2) is 11.9 Å². The zero-order chi connectivity index (χ0) is 32.8. The van der Waals surface area contributed by atoms with Crippen molar-refractivity contribution in [3.05, 3.63) is 107 Å². The van der Waals surface area contributed by atoms with Crippen molar-refractivity contribution in [3.8, 4) is 0 Å². The molecule has 15 heteroatoms. The van der Waals surface area contributed by atoms with Crippen LogP contribution in [0, 0.1) is 0 Å². The summed E-state index contributed by atoms with van der Waals surface area (Å²) in [5, 5.41) is 11.6. The Morgan fingerprint density at radius 2 is 1.70 bits per heavy atom. The summed E-state index contributed by atoms with van der Waals surface area (Å²) in [4.78, 5) is 75.8. The van der Waals surface area contributed by atoms with E-state index in [9.17, 15) is 29.1 Å². The second-order valence-electron chi connectivity index (χ2n) is 9.93. The second kappa shape index (κ2) is 14.1. The van der Waals surface area contributed by atoms with Gasteiger partial charge in [0, 0.05) is 23.0 Å². The number of hydrogen-bond acceptors (Lipinski definition) is 10. The Kier molecular flexibility index (Phi) is 9.83. The number of carbonyl (C=O) groups excluding carboxylic acids is 4. The highest BCUT2D eigenvalue weighted by Crippen LogP contribution is 2.40. The van der Waals surface area contributed by atoms with Crippen molar-refractivity contribution in [1.82, 2.24) is 15.7 Å². The zero-order valence-electron chi connectivity index (χ0n) is 24.6. The Morgan fingerprint density at radius 3 is 2.24 bits per heavy atom. The van der Waals surface area contributed by atoms with E-state index in [4.69, 9.17) is 18.8 Å². The summed E-state index contributed by atoms with van der Waals surface area (Å²) in [6.45, 7) is 0.900. The van der Waals surface area contributed by atoms with Crippen LogP contribution in [0.2, 0.25) is 0 Å². The number of esters is 1. The summed E-state index contributed by atoms with van der Waals surface area (Å²) in [5.74, 6) is -3.52. The molecule has 0 aliphatic carbocycles. The number of urea groups is 1. The largest absolute Gasteiger partial charge is 0.562 e. The number of carboxylic acids is 1. The van der Waals surface area contributed by atoms with E-state index in [1.165, 1.54) is 37.1 Å². The van der Waals surface area contributed by atoms with E-state index < -0.39 is 53.0 Å². The fourth-order valence-electron chi connectivity index (χ4n) is 4.92. The molecule has 2 aromatic carbocycles. The maximum atomic E-state index is 13.7. The van der Waals surface area contributed by atoms with Gasteiger partial charge in [0.2, 0.25) is 0 Å². The number of hydrogen-bond donors (Lipinski definition) is 3. The average Bonchev–Trinajstić information content (AvgIpc) is 3.59. The van der Waals surface area contributed by atoms with Crippen molar-refractivity contribution in [3.63, 3.8) is 0 Å². The fraction of sp³-hybridized carbons (Fsp3) is 0.226. The van der Waals surface area contributed by atoms with Crippen LogP contribution in [0.3, 0.4) is 0 Å². The SMILES string of the molecule is CO[N+](C(=O)NOC(c1ccccc1)c1ccccc1)=C(C(=O)N[C@@H]1C(=O)N2C(C(=O)O)=C(COC(C)=O)CS[C@H]12)c1ccco1. The molecule has 1 fully saturated rings. The minimum Gasteiger partial charge on any atom is -0.477 e. The molecule has 14 nitrogen and oxygen atoms in total. The number of β-lactam (4-membered cyclic amide) rings is 1. The minimum absolute atomic E-state index is 0.0631. The Labute approximate surface area is 266 Å². The van der Waals surface area contributed by atoms with Crippen molar-refractivity contribution >= 4 is 47.3 Å². The summed E-state index contributed by atoms with van der Waals surface area (Å²) in [7, 11) is 1.16. The summed E-state index contributed by atoms with van der Waals surface area (Å²) < 4.78 is 11.0. The van der Waals surface area contributed by atoms with Gasteiger partial charge in [-0.05, 0) is 23.3 Å². The van der Waals surface area contributed by atoms with Gasteiger partial charge in [-0.3, -0.25) is 19.3 Å². The summed E-state index contributed by atoms with van der Waals surface area (Å²) in [6.07, 6.45) is 0.572. The monoisotopic (exact) mass is 649 g/mol. The predicted molar refractivity (Wildman–Crippen MR) is 161 cm³/mol. The molecule has 5 rings (SSSR count). The molecule has 2 atom stereocenters. The van der Waals surface area contributed by atoms with Crippen LogP contribution < -0.4 is 10.8 Å². The number of carbonyl (C=O) groups is 5. The lowest BCUT2D eigenvalue weighted by molar-refractivity contribution is -0.708. The van der Waals surface area contributed by atoms with E-state index in [1.54, 1.807) is 0 Å². The molecule has 0 spiro atoms. The van der Waals surface area contributed by atoms with Gasteiger partial charge in [0.25, 0.3) is 17.5 Å². The van der Waals surface area contributed by atoms with Gasteiger partial charge in [-0.25, -0.2) is 4.79 Å². The first kappa shape index (κ1) is 32.0. The van der Waals surface area contributed by atoms with E-state index in [0.29, 0.717) is 4.74 Å². The van der Waals surface area contributed by atoms with Gasteiger partial charge in [-0.1, -0.05) is 66.1 Å². The van der Waals surface area contributed by atoms with Crippen LogP contribution in [-0.4, -0.2) is 81.1 Å². The van der Waals surface area contributed by atoms with E-state index >= 15 is 0 Å². The maximum absolute atomic E-state index is 13.7. The number of thioether (sulfide) groups is 1. The van der Waals surface area contributed by atoms with Crippen LogP contribution in [0.1, 0.15) is 29.9 Å². The Balaban J connectivity index is 1.38. The molecule has 0 unspecified atom stereocenters. The molecule has 46 heavy (non-hydrogen) atoms. The van der Waals surface area contributed by atoms with E-state index in [-0.39, 0.29) is 29.4 Å². The molecule has 4 amide bonds. The molecule has 1 aromatic heterocycles. The van der Waals surface area contributed by atoms with Crippen molar-refractivity contribution in [2.45, 2.75) is 24.4 Å². The number of rotatable bonds is 11. The number of carboxylic acid groups (broad SMARTS) is 1. The molecular formula is C31H29N4O10S+. The molecular weight excluding hydrogens is 620 g/mol. The number of amides is 4. The highest BCUT2D eigenvalue weighted by molar-refractivity contribution is 8.00. The molecule has 2 aliphatic heterocycles. The van der Waals surface area contributed by atoms with E-state index in [1.807, 2.05) is 60.7 Å². The lowest BCUT2D eigenvalue weighted by atomic mass is 10.0. The number of fused-ring (bicyclic) bond motifs is 1. The maximum Gasteiger partial charge on any atom is 0.562 e. The number of ether oxygens (including phenoxy) is 1. The first-order valence-corrected chi connectivity index (χ1v) is 14.9. The number of benzene rings is 2. The standard InChI is InChI=1S/C31H28N4O10S/c1-18(36)44-16-21-17-46-29-23(28(38)34(29)24(21)30(39)40)32-27(37)25(22-14-9-15-43-22)35(42-2)31(41)33-45-26(19-10-5-3-6-11-19)20-12-7-4-8-13-20/h3-15,23,26,29H,16-17H2,1-2H3,(H2-,32,33,37,39,40,41)/p+1/t23-,29-/m1/s1. The minimum atomic E-state index is -1.38. The topological polar surface area (TPSA) is 177 Å². The van der Waals surface area contributed by atoms with Crippen LogP contribution in [0.4, 0.5) is 4.79 Å². The molecule has 2 aliphatic rings. The molecule has 3 heterocycles. The fourth-order valence-corrected chi connectivity index (χ4v) is 6.25. The van der Waals surface area contributed by atoms with Crippen molar-refractivity contribution < 1.29 is 52.6 Å². The van der Waals surface area contributed by atoms with Gasteiger partial charge < -0.3 is 24.4 Å². The Bertz CT molecular complexity index is 1650. The third-order valence-corrected chi connectivity index (χ3v) is 8.33. The summed E-state index contributed by atoms with van der Waals surface area (Å²) >= 11 is 1.19. The van der Waals surface area contributed by atoms with Crippen molar-refractivity contribution in [2.24, 2.45) is 0 Å². The highest BCUT2D eigenvalue weighted by atomic mass is 32.2. The van der Waals surface area contributed by atoms with Gasteiger partial charge >= 0.3 is 18.0 Å². The quantitative estimate of drug-likeness (QED) is 0.0914. The summed E-state index contributed by atoms with van der Waals surface area (Å²) in [6, 6.07) is 19.1. The predicted octanol–water partition coefficient (Wildman–Crippen LogP) is 2.38. The van der Waals surface area contributed by atoms with Gasteiger partial charge in [0.1, 0.15) is 30.8 Å². The van der Waals surface area contributed by atoms with Gasteiger partial charge in [-0.2, -0.15) is 9.63 Å². The Morgan fingerprint density at radius 1 is 1.04 bits per heavy atom. The first-order chi connectivity index (χ1) is 22.2. The molecule has 3 aromatic rings. The highest BCUT2D eigenvalue weighted by Gasteiger charge is 2.55. The Hall–Kier alpha value is -5.41. The third-order valence-electron chi connectivity index (χ3n) is 6.99. The van der Waals surface area contributed by atoms with Crippen LogP contribution in [0.15, 0.2) is 94.7 Å². The zero-order valence-corrected chi connectivity index (χ0v) is 25.4. The van der Waals surface area contributed by atoms with E-state index in [2.05, 4.69) is 10.8 Å². The van der Waals surface area contributed by atoms with Crippen molar-refractivity contribution in [1.29, 1.82) is 0 Å². The molecule has 238 valence electrons. The number of hydroxylamine groups is 2. The molecule has 0 radical (unpaired) electrons. The third kappa shape index (κ3) is 6.64. The summed E-state index contributed by atoms with van der Waals surface area (Å²) in [5.41, 5.74) is 3.37. The second-order valence-corrected chi connectivity index (χ2v) is 11.0. The number of nitrogens with one attached hydrogen (secondary N) is 2. The van der Waals surface area contributed by atoms with Gasteiger partial charge in [0.05, 0.1) is 6.26 Å². The van der Waals surface area contributed by atoms with Gasteiger partial charge in [-0.15, -0.1) is 11.8 Å². The molecule has 1 saturated heterocycles. The average molecular weight is 650 g/mol. The van der Waals surface area contributed by atoms with Crippen LogP contribution in [0.5, 0.6) is 0 Å². The molecule has 0 bridgehead atoms.